The molecule has 8 heteroatoms. The van der Waals surface area contributed by atoms with E-state index in [4.69, 9.17) is 14.5 Å². The van der Waals surface area contributed by atoms with Crippen molar-refractivity contribution in [1.29, 1.82) is 0 Å². The number of rotatable bonds is 0. The Morgan fingerprint density at radius 1 is 0.789 bits per heavy atom. The van der Waals surface area contributed by atoms with Gasteiger partial charge in [0.2, 0.25) is 11.4 Å². The smallest absolute Gasteiger partial charge is 0.358 e. The lowest BCUT2D eigenvalue weighted by molar-refractivity contribution is -1.01. The van der Waals surface area contributed by atoms with Crippen molar-refractivity contribution in [2.45, 2.75) is 0 Å². The molecule has 4 aliphatic rings. The van der Waals surface area contributed by atoms with Crippen molar-refractivity contribution < 1.29 is 18.8 Å². The van der Waals surface area contributed by atoms with Gasteiger partial charge in [0.1, 0.15) is 11.8 Å². The standard InChI is InChI=1S/C30H17N6O2/c1-32-19-9-4-14-31-28(19)35-29(32)18-7-3-11-22-26(18)36(35)27-23(38-22)13-12-21-25(27)34-24-16(6-2-10-20(24)37-21)17-8-5-15-33(36)30(17)34/h2-15H,1H3/q+3. The lowest BCUT2D eigenvalue weighted by Crippen LogP contribution is -2.84. The number of aromatic nitrogens is 5. The molecule has 0 bridgehead atoms. The van der Waals surface area contributed by atoms with Crippen LogP contribution in [-0.2, 0) is 7.05 Å². The first-order chi connectivity index (χ1) is 18.8. The molecule has 0 saturated heterocycles. The summed E-state index contributed by atoms with van der Waals surface area (Å²) in [6, 6.07) is 25.2. The van der Waals surface area contributed by atoms with Crippen LogP contribution in [0.3, 0.4) is 0 Å². The highest BCUT2D eigenvalue weighted by Crippen LogP contribution is 2.62. The minimum absolute atomic E-state index is 0.278. The zero-order chi connectivity index (χ0) is 24.5. The highest BCUT2D eigenvalue weighted by atomic mass is 16.5. The first kappa shape index (κ1) is 18.1. The number of pyridine rings is 2. The summed E-state index contributed by atoms with van der Waals surface area (Å²) < 4.78 is 23.0. The van der Waals surface area contributed by atoms with E-state index < -0.39 is 0 Å². The van der Waals surface area contributed by atoms with E-state index >= 15 is 0 Å². The van der Waals surface area contributed by atoms with Crippen LogP contribution in [0.2, 0.25) is 0 Å². The zero-order valence-corrected chi connectivity index (χ0v) is 20.1. The van der Waals surface area contributed by atoms with Crippen LogP contribution in [0.4, 0.5) is 11.4 Å². The van der Waals surface area contributed by atoms with Gasteiger partial charge < -0.3 is 9.47 Å². The summed E-state index contributed by atoms with van der Waals surface area (Å²) in [5, 5.41) is 2.35. The summed E-state index contributed by atoms with van der Waals surface area (Å²) in [5.41, 5.74) is 8.40. The van der Waals surface area contributed by atoms with Crippen LogP contribution in [0.5, 0.6) is 23.0 Å². The predicted molar refractivity (Wildman–Crippen MR) is 140 cm³/mol. The van der Waals surface area contributed by atoms with Crippen molar-refractivity contribution in [3.63, 3.8) is 0 Å². The summed E-state index contributed by atoms with van der Waals surface area (Å²) in [6.45, 7) is 0. The van der Waals surface area contributed by atoms with Crippen molar-refractivity contribution in [2.24, 2.45) is 7.05 Å². The molecule has 0 fully saturated rings. The van der Waals surface area contributed by atoms with Crippen molar-refractivity contribution in [3.05, 3.63) is 85.2 Å². The predicted octanol–water partition coefficient (Wildman–Crippen LogP) is 5.32. The van der Waals surface area contributed by atoms with E-state index in [-0.39, 0.29) is 4.70 Å². The maximum Gasteiger partial charge on any atom is 0.358 e. The Morgan fingerprint density at radius 2 is 1.61 bits per heavy atom. The Hall–Kier alpha value is -5.21. The van der Waals surface area contributed by atoms with Gasteiger partial charge in [0.25, 0.3) is 11.5 Å². The molecule has 0 radical (unpaired) electrons. The van der Waals surface area contributed by atoms with Crippen LogP contribution < -0.4 is 23.5 Å². The summed E-state index contributed by atoms with van der Waals surface area (Å²) in [4.78, 5) is 4.96. The largest absolute Gasteiger partial charge is 0.448 e. The van der Waals surface area contributed by atoms with Crippen LogP contribution in [0, 0.1) is 0 Å². The Morgan fingerprint density at radius 3 is 2.58 bits per heavy atom. The van der Waals surface area contributed by atoms with E-state index in [0.717, 1.165) is 73.8 Å². The molecule has 0 N–H and O–H groups in total. The highest BCUT2D eigenvalue weighted by molar-refractivity contribution is 6.11. The SMILES string of the molecule is Cn1c2[n+](c3ncccc31)[N+]13c4c(cccc4-2)Oc2ccc4c(c21)-n1c2c(cccc2c2ccc[n+]3c21)O4. The third-order valence-electron chi connectivity index (χ3n) is 8.72. The lowest BCUT2D eigenvalue weighted by atomic mass is 10.1. The topological polar surface area (TPSA) is 49.0 Å². The van der Waals surface area contributed by atoms with Gasteiger partial charge in [-0.25, -0.2) is 0 Å². The number of ether oxygens (including phenoxy) is 2. The minimum atomic E-state index is 0.278. The van der Waals surface area contributed by atoms with E-state index in [9.17, 15) is 0 Å². The first-order valence-electron chi connectivity index (χ1n) is 12.7. The number of hydrogen-bond donors (Lipinski definition) is 0. The van der Waals surface area contributed by atoms with Crippen molar-refractivity contribution in [1.82, 2.24) is 18.8 Å². The fourth-order valence-corrected chi connectivity index (χ4v) is 7.46. The average Bonchev–Trinajstić information content (AvgIpc) is 3.57. The Labute approximate surface area is 214 Å². The fraction of sp³-hybridized carbons (Fsp3) is 0.0333. The molecular formula is C30H17N6O2+3. The highest BCUT2D eigenvalue weighted by Gasteiger charge is 2.69. The maximum absolute atomic E-state index is 6.70. The molecule has 0 amide bonds. The van der Waals surface area contributed by atoms with Crippen molar-refractivity contribution in [3.8, 4) is 40.1 Å². The van der Waals surface area contributed by atoms with E-state index in [0.29, 0.717) is 0 Å². The number of fused-ring (bicyclic) bond motifs is 5. The molecule has 4 aromatic heterocycles. The normalized spacial score (nSPS) is 18.1. The van der Waals surface area contributed by atoms with Gasteiger partial charge in [0.05, 0.1) is 17.1 Å². The average molecular weight is 494 g/mol. The molecular weight excluding hydrogens is 476 g/mol. The number of aryl methyl sites for hydroxylation is 1. The Kier molecular flexibility index (Phi) is 2.57. The van der Waals surface area contributed by atoms with E-state index in [1.54, 1.807) is 0 Å². The molecule has 38 heavy (non-hydrogen) atoms. The van der Waals surface area contributed by atoms with Crippen molar-refractivity contribution >= 4 is 44.5 Å². The number of quaternary nitrogens is 1. The Bertz CT molecular complexity index is 2330. The minimum Gasteiger partial charge on any atom is -0.448 e. The molecule has 1 atom stereocenters. The number of imidazole rings is 1. The summed E-state index contributed by atoms with van der Waals surface area (Å²) in [5.74, 6) is 4.41. The summed E-state index contributed by atoms with van der Waals surface area (Å²) >= 11 is 0. The quantitative estimate of drug-likeness (QED) is 0.212. The molecule has 11 rings (SSSR count). The molecule has 4 aliphatic heterocycles. The van der Waals surface area contributed by atoms with Crippen molar-refractivity contribution in [2.75, 3.05) is 0 Å². The molecule has 0 aliphatic carbocycles. The van der Waals surface area contributed by atoms with Gasteiger partial charge in [-0.15, -0.1) is 4.98 Å². The number of nitrogens with zero attached hydrogens (tertiary/aromatic N) is 6. The van der Waals surface area contributed by atoms with Crippen LogP contribution in [0.1, 0.15) is 0 Å². The van der Waals surface area contributed by atoms with Crippen LogP contribution in [0.15, 0.2) is 85.2 Å². The van der Waals surface area contributed by atoms with E-state index in [1.165, 1.54) is 10.8 Å². The second kappa shape index (κ2) is 5.39. The number of para-hydroxylation sites is 2. The monoisotopic (exact) mass is 493 g/mol. The van der Waals surface area contributed by atoms with E-state index in [1.807, 2.05) is 24.4 Å². The maximum atomic E-state index is 6.70. The fourth-order valence-electron chi connectivity index (χ4n) is 7.46. The molecule has 3 aromatic carbocycles. The van der Waals surface area contributed by atoms with Gasteiger partial charge in [0, 0.05) is 5.39 Å². The van der Waals surface area contributed by atoms with Gasteiger partial charge in [0.15, 0.2) is 34.5 Å². The Balaban J connectivity index is 1.52. The molecule has 176 valence electrons. The van der Waals surface area contributed by atoms with Gasteiger partial charge in [-0.2, -0.15) is 4.57 Å². The third-order valence-corrected chi connectivity index (χ3v) is 8.72. The second-order valence-corrected chi connectivity index (χ2v) is 10.3. The first-order valence-corrected chi connectivity index (χ1v) is 12.7. The van der Waals surface area contributed by atoms with Crippen LogP contribution in [-0.4, -0.2) is 14.1 Å². The zero-order valence-electron chi connectivity index (χ0n) is 20.1. The molecule has 1 unspecified atom stereocenters. The number of hydrogen-bond acceptors (Lipinski definition) is 3. The lowest BCUT2D eigenvalue weighted by Gasteiger charge is -2.35. The van der Waals surface area contributed by atoms with Crippen LogP contribution >= 0.6 is 0 Å². The van der Waals surface area contributed by atoms with E-state index in [2.05, 4.69) is 86.3 Å². The summed E-state index contributed by atoms with van der Waals surface area (Å²) in [7, 11) is 2.12. The van der Waals surface area contributed by atoms with Crippen LogP contribution in [0.25, 0.3) is 50.2 Å². The molecule has 8 nitrogen and oxygen atoms in total. The van der Waals surface area contributed by atoms with Gasteiger partial charge in [-0.1, -0.05) is 12.1 Å². The molecule has 8 heterocycles. The van der Waals surface area contributed by atoms with Gasteiger partial charge in [-0.05, 0) is 70.0 Å². The molecule has 7 aromatic rings. The molecule has 0 saturated carbocycles. The van der Waals surface area contributed by atoms with Gasteiger partial charge >= 0.3 is 17.0 Å². The second-order valence-electron chi connectivity index (χ2n) is 10.3. The number of benzene rings is 3. The summed E-state index contributed by atoms with van der Waals surface area (Å²) in [6.07, 6.45) is 4.07. The molecule has 1 spiro atoms. The third kappa shape index (κ3) is 1.55. The van der Waals surface area contributed by atoms with Gasteiger partial charge in [-0.3, -0.25) is 4.57 Å².